The van der Waals surface area contributed by atoms with Gasteiger partial charge >= 0.3 is 12.5 Å². The molecule has 0 bridgehead atoms. The lowest BCUT2D eigenvalue weighted by Crippen LogP contribution is -2.16. The molecular weight excluding hydrogens is 410 g/mol. The van der Waals surface area contributed by atoms with Gasteiger partial charge in [-0.15, -0.1) is 13.2 Å². The molecule has 0 spiro atoms. The molecule has 154 valence electrons. The lowest BCUT2D eigenvalue weighted by molar-refractivity contribution is -0.274. The lowest BCUT2D eigenvalue weighted by atomic mass is 10.0. The zero-order valence-corrected chi connectivity index (χ0v) is 15.0. The van der Waals surface area contributed by atoms with Crippen LogP contribution in [0.25, 0.3) is 33.5 Å². The summed E-state index contributed by atoms with van der Waals surface area (Å²) in [5, 5.41) is 0. The van der Waals surface area contributed by atoms with Crippen LogP contribution in [0.3, 0.4) is 0 Å². The van der Waals surface area contributed by atoms with Crippen molar-refractivity contribution in [2.45, 2.75) is 12.5 Å². The Morgan fingerprint density at radius 2 is 1.27 bits per heavy atom. The van der Waals surface area contributed by atoms with E-state index in [2.05, 4.69) is 14.7 Å². The Morgan fingerprint density at radius 1 is 0.700 bits per heavy atom. The van der Waals surface area contributed by atoms with Gasteiger partial charge in [0.25, 0.3) is 0 Å². The highest BCUT2D eigenvalue weighted by Gasteiger charge is 2.31. The Bertz CT molecular complexity index is 1180. The number of halogens is 6. The summed E-state index contributed by atoms with van der Waals surface area (Å²) in [7, 11) is 0. The molecular formula is C21H12F6N2O. The SMILES string of the molecule is FC(F)(F)Oc1ccc(-c2ccc(-c3nc4ccc(C(F)(F)F)cc4[nH]3)cc2)cc1. The monoisotopic (exact) mass is 422 g/mol. The fourth-order valence-corrected chi connectivity index (χ4v) is 2.99. The van der Waals surface area contributed by atoms with Crippen LogP contribution in [-0.4, -0.2) is 16.3 Å². The first-order valence-electron chi connectivity index (χ1n) is 8.62. The molecule has 9 heteroatoms. The first kappa shape index (κ1) is 19.8. The number of fused-ring (bicyclic) bond motifs is 1. The van der Waals surface area contributed by atoms with Crippen LogP contribution in [0.4, 0.5) is 26.3 Å². The van der Waals surface area contributed by atoms with E-state index in [0.29, 0.717) is 22.5 Å². The number of hydrogen-bond donors (Lipinski definition) is 1. The predicted molar refractivity (Wildman–Crippen MR) is 98.7 cm³/mol. The largest absolute Gasteiger partial charge is 0.573 e. The summed E-state index contributed by atoms with van der Waals surface area (Å²) in [6, 6.07) is 15.6. The van der Waals surface area contributed by atoms with Crippen molar-refractivity contribution < 1.29 is 31.1 Å². The topological polar surface area (TPSA) is 37.9 Å². The third-order valence-electron chi connectivity index (χ3n) is 4.39. The molecule has 0 atom stereocenters. The highest BCUT2D eigenvalue weighted by molar-refractivity contribution is 5.80. The number of H-pyrrole nitrogens is 1. The molecule has 0 saturated carbocycles. The minimum atomic E-state index is -4.75. The van der Waals surface area contributed by atoms with Crippen LogP contribution in [0.5, 0.6) is 5.75 Å². The van der Waals surface area contributed by atoms with Crippen molar-refractivity contribution >= 4 is 11.0 Å². The molecule has 3 nitrogen and oxygen atoms in total. The predicted octanol–water partition coefficient (Wildman–Crippen LogP) is 6.81. The van der Waals surface area contributed by atoms with Crippen LogP contribution in [0, 0.1) is 0 Å². The number of alkyl halides is 6. The van der Waals surface area contributed by atoms with E-state index in [-0.39, 0.29) is 11.3 Å². The second-order valence-electron chi connectivity index (χ2n) is 6.46. The number of ether oxygens (including phenoxy) is 1. The van der Waals surface area contributed by atoms with Crippen LogP contribution in [0.2, 0.25) is 0 Å². The van der Waals surface area contributed by atoms with E-state index in [9.17, 15) is 26.3 Å². The van der Waals surface area contributed by atoms with E-state index in [4.69, 9.17) is 0 Å². The Kier molecular flexibility index (Phi) is 4.68. The van der Waals surface area contributed by atoms with E-state index >= 15 is 0 Å². The molecule has 1 N–H and O–H groups in total. The average molecular weight is 422 g/mol. The second kappa shape index (κ2) is 7.08. The Hall–Kier alpha value is -3.49. The van der Waals surface area contributed by atoms with Gasteiger partial charge in [0, 0.05) is 5.56 Å². The number of rotatable bonds is 3. The van der Waals surface area contributed by atoms with E-state index in [0.717, 1.165) is 17.7 Å². The second-order valence-corrected chi connectivity index (χ2v) is 6.46. The summed E-state index contributed by atoms with van der Waals surface area (Å²) in [6.45, 7) is 0. The standard InChI is InChI=1S/C21H12F6N2O/c22-20(23,24)15-7-10-17-18(11-15)29-19(28-17)14-3-1-12(2-4-14)13-5-8-16(9-6-13)30-21(25,26)27/h1-11H,(H,28,29). The molecule has 1 heterocycles. The normalized spacial score (nSPS) is 12.3. The molecule has 0 aliphatic heterocycles. The number of hydrogen-bond acceptors (Lipinski definition) is 2. The van der Waals surface area contributed by atoms with Crippen LogP contribution in [-0.2, 0) is 6.18 Å². The maximum absolute atomic E-state index is 12.9. The van der Waals surface area contributed by atoms with Gasteiger partial charge in [-0.2, -0.15) is 13.2 Å². The number of imidazole rings is 1. The smallest absolute Gasteiger partial charge is 0.406 e. The van der Waals surface area contributed by atoms with E-state index in [1.54, 1.807) is 24.3 Å². The minimum Gasteiger partial charge on any atom is -0.406 e. The summed E-state index contributed by atoms with van der Waals surface area (Å²) >= 11 is 0. The van der Waals surface area contributed by atoms with Crippen molar-refractivity contribution in [3.63, 3.8) is 0 Å². The van der Waals surface area contributed by atoms with Gasteiger partial charge in [-0.25, -0.2) is 4.98 Å². The molecule has 0 aliphatic carbocycles. The number of aromatic nitrogens is 2. The van der Waals surface area contributed by atoms with Crippen molar-refractivity contribution in [1.29, 1.82) is 0 Å². The molecule has 0 fully saturated rings. The summed E-state index contributed by atoms with van der Waals surface area (Å²) in [4.78, 5) is 7.19. The Balaban J connectivity index is 1.57. The van der Waals surface area contributed by atoms with Gasteiger partial charge in [-0.05, 0) is 41.5 Å². The zero-order chi connectivity index (χ0) is 21.5. The van der Waals surface area contributed by atoms with E-state index < -0.39 is 18.1 Å². The van der Waals surface area contributed by atoms with Crippen molar-refractivity contribution in [2.24, 2.45) is 0 Å². The fourth-order valence-electron chi connectivity index (χ4n) is 2.99. The van der Waals surface area contributed by atoms with E-state index in [1.165, 1.54) is 30.3 Å². The molecule has 0 saturated heterocycles. The quantitative estimate of drug-likeness (QED) is 0.368. The first-order valence-corrected chi connectivity index (χ1v) is 8.62. The van der Waals surface area contributed by atoms with Crippen LogP contribution < -0.4 is 4.74 Å². The highest BCUT2D eigenvalue weighted by Crippen LogP contribution is 2.32. The summed E-state index contributed by atoms with van der Waals surface area (Å²) in [5.41, 5.74) is 1.98. The number of aromatic amines is 1. The molecule has 0 radical (unpaired) electrons. The maximum atomic E-state index is 12.9. The zero-order valence-electron chi connectivity index (χ0n) is 15.0. The van der Waals surface area contributed by atoms with Crippen LogP contribution in [0.15, 0.2) is 66.7 Å². The van der Waals surface area contributed by atoms with Gasteiger partial charge in [-0.1, -0.05) is 36.4 Å². The number of nitrogens with zero attached hydrogens (tertiary/aromatic N) is 1. The highest BCUT2D eigenvalue weighted by atomic mass is 19.4. The lowest BCUT2D eigenvalue weighted by Gasteiger charge is -2.09. The molecule has 3 aromatic carbocycles. The van der Waals surface area contributed by atoms with Gasteiger partial charge in [-0.3, -0.25) is 0 Å². The summed E-state index contributed by atoms with van der Waals surface area (Å²) in [5.74, 6) is 0.0909. The van der Waals surface area contributed by atoms with Gasteiger partial charge < -0.3 is 9.72 Å². The molecule has 1 aromatic heterocycles. The molecule has 0 amide bonds. The van der Waals surface area contributed by atoms with Crippen molar-refractivity contribution in [2.75, 3.05) is 0 Å². The Morgan fingerprint density at radius 3 is 1.83 bits per heavy atom. The van der Waals surface area contributed by atoms with Gasteiger partial charge in [0.2, 0.25) is 0 Å². The van der Waals surface area contributed by atoms with E-state index in [1.807, 2.05) is 0 Å². The van der Waals surface area contributed by atoms with Gasteiger partial charge in [0.15, 0.2) is 0 Å². The number of benzene rings is 3. The summed E-state index contributed by atoms with van der Waals surface area (Å²) < 4.78 is 79.1. The first-order chi connectivity index (χ1) is 14.1. The third kappa shape index (κ3) is 4.24. The van der Waals surface area contributed by atoms with Crippen molar-refractivity contribution in [3.05, 3.63) is 72.3 Å². The molecule has 4 aromatic rings. The summed E-state index contributed by atoms with van der Waals surface area (Å²) in [6.07, 6.45) is -9.20. The van der Waals surface area contributed by atoms with Gasteiger partial charge in [0.05, 0.1) is 16.6 Å². The Labute approximate surface area is 165 Å². The molecule has 0 unspecified atom stereocenters. The fraction of sp³-hybridized carbons (Fsp3) is 0.0952. The van der Waals surface area contributed by atoms with Crippen LogP contribution >= 0.6 is 0 Å². The number of nitrogens with one attached hydrogen (secondary N) is 1. The average Bonchev–Trinajstić information content (AvgIpc) is 3.10. The van der Waals surface area contributed by atoms with Crippen LogP contribution in [0.1, 0.15) is 5.56 Å². The van der Waals surface area contributed by atoms with Crippen molar-refractivity contribution in [3.8, 4) is 28.3 Å². The minimum absolute atomic E-state index is 0.268. The molecule has 30 heavy (non-hydrogen) atoms. The van der Waals surface area contributed by atoms with Gasteiger partial charge in [0.1, 0.15) is 11.6 Å². The maximum Gasteiger partial charge on any atom is 0.573 e. The molecule has 0 aliphatic rings. The third-order valence-corrected chi connectivity index (χ3v) is 4.39. The molecule has 4 rings (SSSR count). The van der Waals surface area contributed by atoms with Crippen molar-refractivity contribution in [1.82, 2.24) is 9.97 Å².